The Labute approximate surface area is 121 Å². The minimum absolute atomic E-state index is 0.177. The number of alkyl carbamates (subject to hydrolysis) is 1. The summed E-state index contributed by atoms with van der Waals surface area (Å²) in [5.41, 5.74) is -0.497. The first-order valence-electron chi connectivity index (χ1n) is 5.89. The maximum Gasteiger partial charge on any atom is 0.408 e. The Hall–Kier alpha value is -0.790. The predicted octanol–water partition coefficient (Wildman–Crippen LogP) is 3.24. The highest BCUT2D eigenvalue weighted by molar-refractivity contribution is 14.1. The third kappa shape index (κ3) is 4.83. The van der Waals surface area contributed by atoms with Crippen LogP contribution in [0.15, 0.2) is 6.20 Å². The summed E-state index contributed by atoms with van der Waals surface area (Å²) < 4.78 is 6.13. The van der Waals surface area contributed by atoms with Crippen LogP contribution in [0, 0.1) is 9.62 Å². The quantitative estimate of drug-likeness (QED) is 0.809. The SMILES string of the molecule is CC(C)[C@H](NC(=O)OC(C)(C)C)c1nc(I)c[nH]1. The lowest BCUT2D eigenvalue weighted by molar-refractivity contribution is 0.0486. The van der Waals surface area contributed by atoms with Gasteiger partial charge in [-0.15, -0.1) is 0 Å². The second-order valence-corrected chi connectivity index (χ2v) is 6.58. The third-order valence-corrected chi connectivity index (χ3v) is 2.75. The summed E-state index contributed by atoms with van der Waals surface area (Å²) >= 11 is 2.13. The molecule has 0 aliphatic rings. The van der Waals surface area contributed by atoms with E-state index in [0.717, 1.165) is 9.53 Å². The van der Waals surface area contributed by atoms with E-state index in [4.69, 9.17) is 4.74 Å². The number of imidazole rings is 1. The van der Waals surface area contributed by atoms with Gasteiger partial charge in [-0.05, 0) is 49.3 Å². The minimum atomic E-state index is -0.497. The Morgan fingerprint density at radius 2 is 2.11 bits per heavy atom. The molecule has 6 heteroatoms. The number of aromatic amines is 1. The number of H-pyrrole nitrogens is 1. The van der Waals surface area contributed by atoms with Gasteiger partial charge in [-0.2, -0.15) is 0 Å². The van der Waals surface area contributed by atoms with E-state index in [2.05, 4.69) is 37.9 Å². The van der Waals surface area contributed by atoms with E-state index < -0.39 is 11.7 Å². The molecule has 102 valence electrons. The van der Waals surface area contributed by atoms with E-state index >= 15 is 0 Å². The molecule has 0 saturated heterocycles. The molecule has 1 amide bonds. The number of carbonyl (C=O) groups excluding carboxylic acids is 1. The number of rotatable bonds is 3. The molecule has 0 aliphatic carbocycles. The average Bonchev–Trinajstić information content (AvgIpc) is 2.57. The van der Waals surface area contributed by atoms with Crippen LogP contribution in [0.3, 0.4) is 0 Å². The van der Waals surface area contributed by atoms with Crippen molar-refractivity contribution < 1.29 is 9.53 Å². The first kappa shape index (κ1) is 15.3. The van der Waals surface area contributed by atoms with E-state index in [1.807, 2.05) is 40.8 Å². The fourth-order valence-electron chi connectivity index (χ4n) is 1.46. The largest absolute Gasteiger partial charge is 0.444 e. The lowest BCUT2D eigenvalue weighted by Gasteiger charge is -2.24. The van der Waals surface area contributed by atoms with Crippen molar-refractivity contribution in [2.45, 2.75) is 46.3 Å². The summed E-state index contributed by atoms with van der Waals surface area (Å²) in [6, 6.07) is -0.177. The summed E-state index contributed by atoms with van der Waals surface area (Å²) in [7, 11) is 0. The number of halogens is 1. The van der Waals surface area contributed by atoms with Crippen LogP contribution in [0.4, 0.5) is 4.79 Å². The van der Waals surface area contributed by atoms with E-state index in [1.54, 1.807) is 0 Å². The molecule has 0 radical (unpaired) electrons. The topological polar surface area (TPSA) is 67.0 Å². The van der Waals surface area contributed by atoms with Crippen molar-refractivity contribution in [3.05, 3.63) is 15.7 Å². The molecule has 1 heterocycles. The number of carbonyl (C=O) groups is 1. The smallest absolute Gasteiger partial charge is 0.408 e. The fourth-order valence-corrected chi connectivity index (χ4v) is 1.87. The summed E-state index contributed by atoms with van der Waals surface area (Å²) in [5.74, 6) is 0.972. The van der Waals surface area contributed by atoms with Gasteiger partial charge in [0.25, 0.3) is 0 Å². The third-order valence-electron chi connectivity index (χ3n) is 2.20. The van der Waals surface area contributed by atoms with Gasteiger partial charge in [0.15, 0.2) is 0 Å². The summed E-state index contributed by atoms with van der Waals surface area (Å²) in [6.07, 6.45) is 1.38. The van der Waals surface area contributed by atoms with Gasteiger partial charge in [0, 0.05) is 6.20 Å². The van der Waals surface area contributed by atoms with Gasteiger partial charge in [0.1, 0.15) is 15.1 Å². The molecule has 1 atom stereocenters. The number of nitrogens with zero attached hydrogens (tertiary/aromatic N) is 1. The molecule has 2 N–H and O–H groups in total. The van der Waals surface area contributed by atoms with Gasteiger partial charge in [-0.3, -0.25) is 0 Å². The highest BCUT2D eigenvalue weighted by Crippen LogP contribution is 2.20. The number of ether oxygens (including phenoxy) is 1. The Balaban J connectivity index is 2.73. The number of aromatic nitrogens is 2. The Kier molecular flexibility index (Phi) is 5.01. The number of hydrogen-bond donors (Lipinski definition) is 2. The van der Waals surface area contributed by atoms with Crippen molar-refractivity contribution in [2.24, 2.45) is 5.92 Å². The molecule has 0 unspecified atom stereocenters. The molecule has 0 spiro atoms. The van der Waals surface area contributed by atoms with Gasteiger partial charge < -0.3 is 15.0 Å². The monoisotopic (exact) mass is 365 g/mol. The molecular formula is C12H20IN3O2. The van der Waals surface area contributed by atoms with E-state index in [-0.39, 0.29) is 12.0 Å². The van der Waals surface area contributed by atoms with Crippen LogP contribution in [0.5, 0.6) is 0 Å². The van der Waals surface area contributed by atoms with Crippen LogP contribution in [0.25, 0.3) is 0 Å². The zero-order chi connectivity index (χ0) is 13.9. The van der Waals surface area contributed by atoms with Crippen molar-refractivity contribution >= 4 is 28.7 Å². The van der Waals surface area contributed by atoms with Crippen LogP contribution < -0.4 is 5.32 Å². The Morgan fingerprint density at radius 1 is 1.50 bits per heavy atom. The van der Waals surface area contributed by atoms with Gasteiger partial charge in [-0.1, -0.05) is 13.8 Å². The summed E-state index contributed by atoms with van der Waals surface area (Å²) in [4.78, 5) is 19.2. The molecule has 0 bridgehead atoms. The highest BCUT2D eigenvalue weighted by Gasteiger charge is 2.24. The van der Waals surface area contributed by atoms with Crippen molar-refractivity contribution in [2.75, 3.05) is 0 Å². The maximum atomic E-state index is 11.8. The zero-order valence-corrected chi connectivity index (χ0v) is 13.5. The summed E-state index contributed by atoms with van der Waals surface area (Å²) in [6.45, 7) is 9.57. The Morgan fingerprint density at radius 3 is 2.50 bits per heavy atom. The molecule has 0 aromatic carbocycles. The maximum absolute atomic E-state index is 11.8. The molecule has 18 heavy (non-hydrogen) atoms. The minimum Gasteiger partial charge on any atom is -0.444 e. The molecule has 1 rings (SSSR count). The van der Waals surface area contributed by atoms with Crippen LogP contribution in [-0.4, -0.2) is 21.7 Å². The number of amides is 1. The van der Waals surface area contributed by atoms with E-state index in [9.17, 15) is 4.79 Å². The molecule has 0 aliphatic heterocycles. The lowest BCUT2D eigenvalue weighted by atomic mass is 10.0. The van der Waals surface area contributed by atoms with Gasteiger partial charge in [0.2, 0.25) is 0 Å². The average molecular weight is 365 g/mol. The zero-order valence-electron chi connectivity index (χ0n) is 11.4. The number of nitrogens with one attached hydrogen (secondary N) is 2. The van der Waals surface area contributed by atoms with Crippen LogP contribution in [0.1, 0.15) is 46.5 Å². The molecule has 1 aromatic rings. The molecule has 1 aromatic heterocycles. The second-order valence-electron chi connectivity index (χ2n) is 5.48. The van der Waals surface area contributed by atoms with Crippen molar-refractivity contribution in [1.29, 1.82) is 0 Å². The molecule has 0 saturated carbocycles. The van der Waals surface area contributed by atoms with Crippen LogP contribution in [0.2, 0.25) is 0 Å². The van der Waals surface area contributed by atoms with E-state index in [0.29, 0.717) is 0 Å². The van der Waals surface area contributed by atoms with Gasteiger partial charge >= 0.3 is 6.09 Å². The van der Waals surface area contributed by atoms with Crippen molar-refractivity contribution in [1.82, 2.24) is 15.3 Å². The Bertz CT molecular complexity index is 410. The second kappa shape index (κ2) is 5.90. The fraction of sp³-hybridized carbons (Fsp3) is 0.667. The van der Waals surface area contributed by atoms with Crippen molar-refractivity contribution in [3.63, 3.8) is 0 Å². The van der Waals surface area contributed by atoms with Gasteiger partial charge in [0.05, 0.1) is 6.04 Å². The van der Waals surface area contributed by atoms with E-state index in [1.165, 1.54) is 0 Å². The number of hydrogen-bond acceptors (Lipinski definition) is 3. The van der Waals surface area contributed by atoms with Crippen LogP contribution >= 0.6 is 22.6 Å². The van der Waals surface area contributed by atoms with Gasteiger partial charge in [-0.25, -0.2) is 9.78 Å². The first-order chi connectivity index (χ1) is 8.19. The molecule has 0 fully saturated rings. The highest BCUT2D eigenvalue weighted by atomic mass is 127. The normalized spacial score (nSPS) is 13.5. The molecule has 5 nitrogen and oxygen atoms in total. The van der Waals surface area contributed by atoms with Crippen LogP contribution in [-0.2, 0) is 4.74 Å². The lowest BCUT2D eigenvalue weighted by Crippen LogP contribution is -2.37. The van der Waals surface area contributed by atoms with Crippen molar-refractivity contribution in [3.8, 4) is 0 Å². The molecular weight excluding hydrogens is 345 g/mol. The standard InChI is InChI=1S/C12H20IN3O2/c1-7(2)9(10-14-6-8(13)15-10)16-11(17)18-12(3,4)5/h6-7,9H,1-5H3,(H,14,15)(H,16,17)/t9-/m0/s1. The predicted molar refractivity (Wildman–Crippen MR) is 78.3 cm³/mol. The first-order valence-corrected chi connectivity index (χ1v) is 6.97. The summed E-state index contributed by atoms with van der Waals surface area (Å²) in [5, 5.41) is 2.84.